The molecule has 22 heavy (non-hydrogen) atoms. The molecule has 0 fully saturated rings. The van der Waals surface area contributed by atoms with Gasteiger partial charge in [-0.05, 0) is 24.1 Å². The molecule has 0 saturated heterocycles. The van der Waals surface area contributed by atoms with Gasteiger partial charge in [0.15, 0.2) is 0 Å². The molecule has 2 aromatic carbocycles. The van der Waals surface area contributed by atoms with Crippen LogP contribution in [0, 0.1) is 0 Å². The Morgan fingerprint density at radius 2 is 1.59 bits per heavy atom. The van der Waals surface area contributed by atoms with Crippen LogP contribution in [0.1, 0.15) is 17.5 Å². The Labute approximate surface area is 131 Å². The summed E-state index contributed by atoms with van der Waals surface area (Å²) in [5.74, 6) is 1.50. The molecule has 0 spiro atoms. The topological polar surface area (TPSA) is 47.6 Å². The average Bonchev–Trinajstić information content (AvgIpc) is 2.58. The number of benzene rings is 2. The van der Waals surface area contributed by atoms with Crippen molar-refractivity contribution < 1.29 is 14.3 Å². The Bertz CT molecular complexity index is 589. The lowest BCUT2D eigenvalue weighted by Gasteiger charge is -2.13. The number of hydrogen-bond acceptors (Lipinski definition) is 3. The summed E-state index contributed by atoms with van der Waals surface area (Å²) in [5, 5.41) is 2.92. The summed E-state index contributed by atoms with van der Waals surface area (Å²) in [5.41, 5.74) is 2.01. The van der Waals surface area contributed by atoms with Crippen molar-refractivity contribution in [3.05, 3.63) is 59.7 Å². The maximum Gasteiger partial charge on any atom is 0.220 e. The molecule has 0 aromatic heterocycles. The van der Waals surface area contributed by atoms with Crippen molar-refractivity contribution in [2.24, 2.45) is 0 Å². The molecule has 0 bridgehead atoms. The van der Waals surface area contributed by atoms with Crippen LogP contribution < -0.4 is 14.8 Å². The maximum atomic E-state index is 12.0. The molecule has 0 unspecified atom stereocenters. The quantitative estimate of drug-likeness (QED) is 0.855. The minimum Gasteiger partial charge on any atom is -0.496 e. The van der Waals surface area contributed by atoms with Crippen molar-refractivity contribution in [1.82, 2.24) is 5.32 Å². The highest BCUT2D eigenvalue weighted by Crippen LogP contribution is 2.29. The molecule has 2 aromatic rings. The summed E-state index contributed by atoms with van der Waals surface area (Å²) in [7, 11) is 3.24. The predicted octanol–water partition coefficient (Wildman–Crippen LogP) is 2.95. The molecule has 0 aliphatic carbocycles. The zero-order valence-corrected chi connectivity index (χ0v) is 13.0. The number of carbonyl (C=O) groups is 1. The minimum atomic E-state index is 0.0109. The molecule has 2 rings (SSSR count). The number of ether oxygens (including phenoxy) is 2. The lowest BCUT2D eigenvalue weighted by atomic mass is 10.1. The molecule has 0 aliphatic heterocycles. The normalized spacial score (nSPS) is 10.1. The third-order valence-electron chi connectivity index (χ3n) is 3.46. The van der Waals surface area contributed by atoms with Gasteiger partial charge in [0, 0.05) is 18.5 Å². The highest BCUT2D eigenvalue weighted by molar-refractivity contribution is 5.76. The SMILES string of the molecule is COc1cccc(OC)c1CCC(=O)NCc1ccccc1. The minimum absolute atomic E-state index is 0.0109. The Hall–Kier alpha value is -2.49. The summed E-state index contributed by atoms with van der Waals surface area (Å²) >= 11 is 0. The third kappa shape index (κ3) is 4.25. The van der Waals surface area contributed by atoms with Crippen LogP contribution in [0.25, 0.3) is 0 Å². The van der Waals surface area contributed by atoms with E-state index in [0.29, 0.717) is 19.4 Å². The third-order valence-corrected chi connectivity index (χ3v) is 3.46. The smallest absolute Gasteiger partial charge is 0.220 e. The van der Waals surface area contributed by atoms with E-state index >= 15 is 0 Å². The maximum absolute atomic E-state index is 12.0. The average molecular weight is 299 g/mol. The van der Waals surface area contributed by atoms with Crippen molar-refractivity contribution in [2.75, 3.05) is 14.2 Å². The van der Waals surface area contributed by atoms with E-state index in [9.17, 15) is 4.79 Å². The van der Waals surface area contributed by atoms with Gasteiger partial charge in [-0.25, -0.2) is 0 Å². The van der Waals surface area contributed by atoms with E-state index in [2.05, 4.69) is 5.32 Å². The van der Waals surface area contributed by atoms with Gasteiger partial charge in [-0.2, -0.15) is 0 Å². The summed E-state index contributed by atoms with van der Waals surface area (Å²) in [4.78, 5) is 12.0. The monoisotopic (exact) mass is 299 g/mol. The number of rotatable bonds is 7. The van der Waals surface area contributed by atoms with Gasteiger partial charge < -0.3 is 14.8 Å². The first-order valence-corrected chi connectivity index (χ1v) is 7.25. The fourth-order valence-electron chi connectivity index (χ4n) is 2.30. The first kappa shape index (κ1) is 15.9. The van der Waals surface area contributed by atoms with Crippen LogP contribution in [0.3, 0.4) is 0 Å². The van der Waals surface area contributed by atoms with Crippen LogP contribution in [-0.2, 0) is 17.8 Å². The van der Waals surface area contributed by atoms with E-state index in [1.807, 2.05) is 48.5 Å². The molecular formula is C18H21NO3. The van der Waals surface area contributed by atoms with Crippen molar-refractivity contribution in [3.8, 4) is 11.5 Å². The van der Waals surface area contributed by atoms with Crippen LogP contribution in [-0.4, -0.2) is 20.1 Å². The van der Waals surface area contributed by atoms with Crippen molar-refractivity contribution >= 4 is 5.91 Å². The van der Waals surface area contributed by atoms with Crippen LogP contribution in [0.2, 0.25) is 0 Å². The Morgan fingerprint density at radius 1 is 0.955 bits per heavy atom. The summed E-state index contributed by atoms with van der Waals surface area (Å²) in [6.45, 7) is 0.544. The van der Waals surface area contributed by atoms with E-state index in [1.165, 1.54) is 0 Å². The van der Waals surface area contributed by atoms with E-state index in [1.54, 1.807) is 14.2 Å². The molecule has 1 N–H and O–H groups in total. The van der Waals surface area contributed by atoms with E-state index in [0.717, 1.165) is 22.6 Å². The first-order chi connectivity index (χ1) is 10.7. The Morgan fingerprint density at radius 3 is 2.18 bits per heavy atom. The number of methoxy groups -OCH3 is 2. The van der Waals surface area contributed by atoms with E-state index < -0.39 is 0 Å². The molecule has 0 atom stereocenters. The predicted molar refractivity (Wildman–Crippen MR) is 86.2 cm³/mol. The van der Waals surface area contributed by atoms with Gasteiger partial charge in [-0.3, -0.25) is 4.79 Å². The summed E-state index contributed by atoms with van der Waals surface area (Å²) in [6.07, 6.45) is 0.970. The highest BCUT2D eigenvalue weighted by Gasteiger charge is 2.11. The van der Waals surface area contributed by atoms with Crippen LogP contribution in [0.4, 0.5) is 0 Å². The Kier molecular flexibility index (Phi) is 5.83. The fraction of sp³-hybridized carbons (Fsp3) is 0.278. The molecule has 1 amide bonds. The Balaban J connectivity index is 1.91. The molecule has 0 aliphatic rings. The van der Waals surface area contributed by atoms with Crippen LogP contribution in [0.15, 0.2) is 48.5 Å². The number of hydrogen-bond donors (Lipinski definition) is 1. The van der Waals surface area contributed by atoms with Gasteiger partial charge in [0.1, 0.15) is 11.5 Å². The second-order valence-corrected chi connectivity index (χ2v) is 4.90. The van der Waals surface area contributed by atoms with Gasteiger partial charge in [-0.15, -0.1) is 0 Å². The number of nitrogens with one attached hydrogen (secondary N) is 1. The largest absolute Gasteiger partial charge is 0.496 e. The number of carbonyl (C=O) groups excluding carboxylic acids is 1. The second kappa shape index (κ2) is 8.08. The highest BCUT2D eigenvalue weighted by atomic mass is 16.5. The zero-order chi connectivity index (χ0) is 15.8. The van der Waals surface area contributed by atoms with E-state index in [-0.39, 0.29) is 5.91 Å². The molecule has 4 nitrogen and oxygen atoms in total. The van der Waals surface area contributed by atoms with Crippen molar-refractivity contribution in [3.63, 3.8) is 0 Å². The van der Waals surface area contributed by atoms with Gasteiger partial charge in [0.2, 0.25) is 5.91 Å². The van der Waals surface area contributed by atoms with Gasteiger partial charge in [0.25, 0.3) is 0 Å². The van der Waals surface area contributed by atoms with Gasteiger partial charge >= 0.3 is 0 Å². The summed E-state index contributed by atoms with van der Waals surface area (Å²) < 4.78 is 10.7. The molecule has 0 saturated carbocycles. The molecule has 0 radical (unpaired) electrons. The molecule has 116 valence electrons. The molecule has 4 heteroatoms. The standard InChI is InChI=1S/C18H21NO3/c1-21-16-9-6-10-17(22-2)15(16)11-12-18(20)19-13-14-7-4-3-5-8-14/h3-10H,11-13H2,1-2H3,(H,19,20). The molecular weight excluding hydrogens is 278 g/mol. The van der Waals surface area contributed by atoms with E-state index in [4.69, 9.17) is 9.47 Å². The molecule has 0 heterocycles. The van der Waals surface area contributed by atoms with Crippen LogP contribution in [0.5, 0.6) is 11.5 Å². The zero-order valence-electron chi connectivity index (χ0n) is 13.0. The lowest BCUT2D eigenvalue weighted by Crippen LogP contribution is -2.23. The van der Waals surface area contributed by atoms with Crippen molar-refractivity contribution in [1.29, 1.82) is 0 Å². The lowest BCUT2D eigenvalue weighted by molar-refractivity contribution is -0.121. The first-order valence-electron chi connectivity index (χ1n) is 7.25. The number of amides is 1. The van der Waals surface area contributed by atoms with Gasteiger partial charge in [0.05, 0.1) is 14.2 Å². The van der Waals surface area contributed by atoms with Crippen LogP contribution >= 0.6 is 0 Å². The second-order valence-electron chi connectivity index (χ2n) is 4.90. The van der Waals surface area contributed by atoms with Crippen molar-refractivity contribution in [2.45, 2.75) is 19.4 Å². The van der Waals surface area contributed by atoms with Gasteiger partial charge in [-0.1, -0.05) is 36.4 Å². The summed E-state index contributed by atoms with van der Waals surface area (Å²) in [6, 6.07) is 15.5. The fourth-order valence-corrected chi connectivity index (χ4v) is 2.30.